The zero-order chi connectivity index (χ0) is 9.97. The van der Waals surface area contributed by atoms with Gasteiger partial charge in [0.05, 0.1) is 11.3 Å². The van der Waals surface area contributed by atoms with Gasteiger partial charge >= 0.3 is 0 Å². The second-order valence-electron chi connectivity index (χ2n) is 3.00. The quantitative estimate of drug-likeness (QED) is 0.766. The van der Waals surface area contributed by atoms with E-state index in [0.717, 1.165) is 16.5 Å². The number of pyridine rings is 1. The predicted octanol–water partition coefficient (Wildman–Crippen LogP) is 1.96. The Hall–Kier alpha value is -1.26. The molecule has 0 spiro atoms. The van der Waals surface area contributed by atoms with E-state index in [-0.39, 0.29) is 5.75 Å². The molecule has 1 aromatic carbocycles. The molecular formula is C10H9NO2S. The summed E-state index contributed by atoms with van der Waals surface area (Å²) < 4.78 is 19.3. The number of rotatable bonds is 2. The van der Waals surface area contributed by atoms with Crippen molar-refractivity contribution in [2.45, 2.75) is 5.75 Å². The highest BCUT2D eigenvalue weighted by molar-refractivity contribution is 7.78. The standard InChI is InChI=1S/C10H9NO2S/c12-14(13)7-8-3-4-10-9(6-8)2-1-5-11-10/h1-6H,7H2,(H,12,13). The van der Waals surface area contributed by atoms with Gasteiger partial charge in [-0.2, -0.15) is 0 Å². The van der Waals surface area contributed by atoms with Gasteiger partial charge in [0, 0.05) is 11.6 Å². The second-order valence-corrected chi connectivity index (χ2v) is 3.93. The van der Waals surface area contributed by atoms with Crippen LogP contribution in [0.2, 0.25) is 0 Å². The fraction of sp³-hybridized carbons (Fsp3) is 0.100. The minimum atomic E-state index is -1.78. The molecule has 0 aliphatic heterocycles. The first-order chi connectivity index (χ1) is 6.75. The maximum Gasteiger partial charge on any atom is 0.157 e. The van der Waals surface area contributed by atoms with Crippen LogP contribution >= 0.6 is 0 Å². The van der Waals surface area contributed by atoms with Gasteiger partial charge in [-0.05, 0) is 23.8 Å². The van der Waals surface area contributed by atoms with Gasteiger partial charge in [0.25, 0.3) is 0 Å². The first-order valence-electron chi connectivity index (χ1n) is 4.17. The van der Waals surface area contributed by atoms with Crippen molar-refractivity contribution in [2.75, 3.05) is 0 Å². The molecule has 0 amide bonds. The van der Waals surface area contributed by atoms with Crippen LogP contribution in [0.4, 0.5) is 0 Å². The summed E-state index contributed by atoms with van der Waals surface area (Å²) in [6.07, 6.45) is 1.73. The molecule has 1 heterocycles. The van der Waals surface area contributed by atoms with E-state index in [1.54, 1.807) is 6.20 Å². The van der Waals surface area contributed by atoms with E-state index in [4.69, 9.17) is 4.55 Å². The Kier molecular flexibility index (Phi) is 2.56. The van der Waals surface area contributed by atoms with Gasteiger partial charge in [0.15, 0.2) is 11.1 Å². The van der Waals surface area contributed by atoms with Gasteiger partial charge in [0.2, 0.25) is 0 Å². The van der Waals surface area contributed by atoms with Crippen LogP contribution in [-0.2, 0) is 16.8 Å². The maximum absolute atomic E-state index is 10.6. The van der Waals surface area contributed by atoms with Crippen molar-refractivity contribution in [3.05, 3.63) is 42.1 Å². The predicted molar refractivity (Wildman–Crippen MR) is 56.2 cm³/mol. The van der Waals surface area contributed by atoms with E-state index < -0.39 is 11.1 Å². The fourth-order valence-electron chi connectivity index (χ4n) is 1.36. The Bertz CT molecular complexity index is 484. The lowest BCUT2D eigenvalue weighted by atomic mass is 10.1. The number of nitrogens with zero attached hydrogens (tertiary/aromatic N) is 1. The van der Waals surface area contributed by atoms with E-state index in [9.17, 15) is 4.21 Å². The summed E-state index contributed by atoms with van der Waals surface area (Å²) in [5.74, 6) is 0.171. The lowest BCUT2D eigenvalue weighted by molar-refractivity contribution is 0.563. The highest BCUT2D eigenvalue weighted by atomic mass is 32.2. The molecule has 1 unspecified atom stereocenters. The van der Waals surface area contributed by atoms with Gasteiger partial charge in [-0.3, -0.25) is 4.98 Å². The summed E-state index contributed by atoms with van der Waals surface area (Å²) in [6, 6.07) is 9.35. The number of benzene rings is 1. The molecule has 1 aromatic heterocycles. The minimum absolute atomic E-state index is 0.171. The average Bonchev–Trinajstić information content (AvgIpc) is 2.17. The van der Waals surface area contributed by atoms with Gasteiger partial charge in [0.1, 0.15) is 0 Å². The van der Waals surface area contributed by atoms with Crippen LogP contribution in [-0.4, -0.2) is 13.7 Å². The molecule has 0 radical (unpaired) electrons. The van der Waals surface area contributed by atoms with Crippen LogP contribution in [0.1, 0.15) is 5.56 Å². The van der Waals surface area contributed by atoms with Crippen LogP contribution in [0.3, 0.4) is 0 Å². The second kappa shape index (κ2) is 3.86. The van der Waals surface area contributed by atoms with Crippen molar-refractivity contribution < 1.29 is 8.76 Å². The molecule has 0 saturated heterocycles. The van der Waals surface area contributed by atoms with Crippen molar-refractivity contribution in [3.8, 4) is 0 Å². The molecule has 0 fully saturated rings. The van der Waals surface area contributed by atoms with E-state index in [2.05, 4.69) is 4.98 Å². The summed E-state index contributed by atoms with van der Waals surface area (Å²) in [5.41, 5.74) is 1.76. The number of fused-ring (bicyclic) bond motifs is 1. The summed E-state index contributed by atoms with van der Waals surface area (Å²) in [6.45, 7) is 0. The zero-order valence-corrected chi connectivity index (χ0v) is 8.20. The molecule has 0 saturated carbocycles. The molecule has 14 heavy (non-hydrogen) atoms. The van der Waals surface area contributed by atoms with Gasteiger partial charge in [-0.25, -0.2) is 4.21 Å². The Morgan fingerprint density at radius 2 is 2.21 bits per heavy atom. The number of hydrogen-bond acceptors (Lipinski definition) is 2. The molecule has 3 nitrogen and oxygen atoms in total. The van der Waals surface area contributed by atoms with Crippen LogP contribution in [0, 0.1) is 0 Å². The summed E-state index contributed by atoms with van der Waals surface area (Å²) in [4.78, 5) is 4.16. The van der Waals surface area contributed by atoms with Crippen LogP contribution in [0.15, 0.2) is 36.5 Å². The highest BCUT2D eigenvalue weighted by Crippen LogP contribution is 2.14. The smallest absolute Gasteiger partial charge is 0.157 e. The highest BCUT2D eigenvalue weighted by Gasteiger charge is 1.99. The molecule has 0 aliphatic carbocycles. The first-order valence-corrected chi connectivity index (χ1v) is 5.44. The first kappa shape index (κ1) is 9.30. The maximum atomic E-state index is 10.6. The van der Waals surface area contributed by atoms with E-state index in [0.29, 0.717) is 0 Å². The molecule has 72 valence electrons. The Morgan fingerprint density at radius 1 is 1.36 bits per heavy atom. The number of aromatic nitrogens is 1. The molecule has 2 rings (SSSR count). The zero-order valence-electron chi connectivity index (χ0n) is 7.38. The van der Waals surface area contributed by atoms with E-state index >= 15 is 0 Å². The Labute approximate surface area is 84.1 Å². The van der Waals surface area contributed by atoms with Crippen molar-refractivity contribution in [2.24, 2.45) is 0 Å². The largest absolute Gasteiger partial charge is 0.306 e. The summed E-state index contributed by atoms with van der Waals surface area (Å²) >= 11 is -1.78. The van der Waals surface area contributed by atoms with Crippen molar-refractivity contribution in [1.82, 2.24) is 4.98 Å². The lowest BCUT2D eigenvalue weighted by Gasteiger charge is -2.00. The Morgan fingerprint density at radius 3 is 3.00 bits per heavy atom. The van der Waals surface area contributed by atoms with Crippen molar-refractivity contribution in [1.29, 1.82) is 0 Å². The fourth-order valence-corrected chi connectivity index (χ4v) is 1.82. The molecule has 0 bridgehead atoms. The molecule has 0 aliphatic rings. The monoisotopic (exact) mass is 207 g/mol. The van der Waals surface area contributed by atoms with E-state index in [1.807, 2.05) is 30.3 Å². The third-order valence-corrected chi connectivity index (χ3v) is 2.54. The normalized spacial score (nSPS) is 12.9. The van der Waals surface area contributed by atoms with E-state index in [1.165, 1.54) is 0 Å². The van der Waals surface area contributed by atoms with Crippen molar-refractivity contribution >= 4 is 22.0 Å². The Balaban J connectivity index is 2.46. The molecule has 4 heteroatoms. The molecule has 2 aromatic rings. The van der Waals surface area contributed by atoms with Crippen LogP contribution < -0.4 is 0 Å². The van der Waals surface area contributed by atoms with Crippen molar-refractivity contribution in [3.63, 3.8) is 0 Å². The molecule has 1 N–H and O–H groups in total. The third-order valence-electron chi connectivity index (χ3n) is 1.96. The lowest BCUT2D eigenvalue weighted by Crippen LogP contribution is -1.92. The minimum Gasteiger partial charge on any atom is -0.306 e. The SMILES string of the molecule is O=S(O)Cc1ccc2ncccc2c1. The average molecular weight is 207 g/mol. The topological polar surface area (TPSA) is 50.2 Å². The summed E-state index contributed by atoms with van der Waals surface area (Å²) in [7, 11) is 0. The summed E-state index contributed by atoms with van der Waals surface area (Å²) in [5, 5.41) is 0.996. The molecular weight excluding hydrogens is 198 g/mol. The van der Waals surface area contributed by atoms with Gasteiger partial charge < -0.3 is 4.55 Å². The van der Waals surface area contributed by atoms with Crippen LogP contribution in [0.5, 0.6) is 0 Å². The van der Waals surface area contributed by atoms with Gasteiger partial charge in [-0.1, -0.05) is 12.1 Å². The van der Waals surface area contributed by atoms with Gasteiger partial charge in [-0.15, -0.1) is 0 Å². The molecule has 1 atom stereocenters. The third kappa shape index (κ3) is 1.97. The number of hydrogen-bond donors (Lipinski definition) is 1. The van der Waals surface area contributed by atoms with Crippen LogP contribution in [0.25, 0.3) is 10.9 Å².